The van der Waals surface area contributed by atoms with Crippen LogP contribution < -0.4 is 9.64 Å². The average molecular weight is 512 g/mol. The van der Waals surface area contributed by atoms with Crippen LogP contribution in [0.15, 0.2) is 18.5 Å². The van der Waals surface area contributed by atoms with Gasteiger partial charge in [-0.2, -0.15) is 4.98 Å². The van der Waals surface area contributed by atoms with Crippen molar-refractivity contribution in [1.82, 2.24) is 24.8 Å². The van der Waals surface area contributed by atoms with Crippen LogP contribution in [0.25, 0.3) is 22.4 Å². The molecule has 2 atom stereocenters. The summed E-state index contributed by atoms with van der Waals surface area (Å²) in [5.74, 6) is 1.30. The maximum atomic E-state index is 12.5. The summed E-state index contributed by atoms with van der Waals surface area (Å²) in [5, 5.41) is 11.7. The molecule has 198 valence electrons. The molecule has 2 aliphatic rings. The second kappa shape index (κ2) is 9.49. The molecule has 12 nitrogen and oxygen atoms in total. The summed E-state index contributed by atoms with van der Waals surface area (Å²) in [4.78, 5) is 44.5. The standard InChI is InChI=1S/C24H29N7O5.CH4/c1-13-6-14(7-17(31(33)34)20(13)35-5)18-19-21(26-12-25-19)28-22(27-18)29-8-15-10-30(11-16(15)9-29)23(32)36-24(2,3)4;/h6-7,12,15-16H,8-11H2,1-5H3,(H,25,26,27,28);1H4. The van der Waals surface area contributed by atoms with Gasteiger partial charge < -0.3 is 24.3 Å². The topological polar surface area (TPSA) is 140 Å². The van der Waals surface area contributed by atoms with Crippen molar-refractivity contribution in [2.45, 2.75) is 40.7 Å². The summed E-state index contributed by atoms with van der Waals surface area (Å²) in [6.45, 7) is 9.99. The van der Waals surface area contributed by atoms with Gasteiger partial charge in [0.25, 0.3) is 0 Å². The fourth-order valence-corrected chi connectivity index (χ4v) is 5.10. The minimum Gasteiger partial charge on any atom is -0.490 e. The number of likely N-dealkylation sites (tertiary alicyclic amines) is 1. The van der Waals surface area contributed by atoms with Crippen LogP contribution in [-0.4, -0.2) is 74.7 Å². The fourth-order valence-electron chi connectivity index (χ4n) is 5.10. The van der Waals surface area contributed by atoms with E-state index in [0.29, 0.717) is 60.1 Å². The molecule has 2 fully saturated rings. The molecule has 1 amide bonds. The van der Waals surface area contributed by atoms with Gasteiger partial charge in [-0.15, -0.1) is 0 Å². The Labute approximate surface area is 215 Å². The molecule has 2 saturated heterocycles. The number of nitro groups is 1. The second-order valence-corrected chi connectivity index (χ2v) is 10.4. The predicted molar refractivity (Wildman–Crippen MR) is 139 cm³/mol. The Kier molecular flexibility index (Phi) is 6.70. The van der Waals surface area contributed by atoms with E-state index in [9.17, 15) is 14.9 Å². The van der Waals surface area contributed by atoms with Crippen LogP contribution in [0.2, 0.25) is 0 Å². The van der Waals surface area contributed by atoms with Crippen molar-refractivity contribution in [3.05, 3.63) is 34.1 Å². The van der Waals surface area contributed by atoms with Crippen LogP contribution in [0.1, 0.15) is 33.8 Å². The zero-order chi connectivity index (χ0) is 25.8. The molecule has 0 saturated carbocycles. The van der Waals surface area contributed by atoms with Crippen LogP contribution in [0.5, 0.6) is 5.75 Å². The molecule has 5 rings (SSSR count). The van der Waals surface area contributed by atoms with Gasteiger partial charge in [-0.3, -0.25) is 10.1 Å². The number of nitrogens with one attached hydrogen (secondary N) is 1. The zero-order valence-corrected chi connectivity index (χ0v) is 20.9. The lowest BCUT2D eigenvalue weighted by atomic mass is 10.0. The first-order valence-electron chi connectivity index (χ1n) is 11.8. The largest absolute Gasteiger partial charge is 0.490 e. The molecule has 1 N–H and O–H groups in total. The van der Waals surface area contributed by atoms with Gasteiger partial charge in [-0.05, 0) is 39.3 Å². The molecule has 37 heavy (non-hydrogen) atoms. The van der Waals surface area contributed by atoms with E-state index in [0.717, 1.165) is 0 Å². The van der Waals surface area contributed by atoms with E-state index in [1.165, 1.54) is 19.5 Å². The van der Waals surface area contributed by atoms with Crippen LogP contribution in [0, 0.1) is 28.9 Å². The van der Waals surface area contributed by atoms with Crippen LogP contribution in [-0.2, 0) is 4.74 Å². The number of anilines is 1. The highest BCUT2D eigenvalue weighted by molar-refractivity contribution is 5.89. The molecule has 3 aromatic rings. The van der Waals surface area contributed by atoms with Crippen LogP contribution in [0.4, 0.5) is 16.4 Å². The lowest BCUT2D eigenvalue weighted by Gasteiger charge is -2.26. The normalized spacial score (nSPS) is 19.1. The Balaban J connectivity index is 0.00000320. The summed E-state index contributed by atoms with van der Waals surface area (Å²) in [7, 11) is 1.42. The molecular formula is C25H33N7O5. The molecule has 12 heteroatoms. The van der Waals surface area contributed by atoms with Gasteiger partial charge in [0.2, 0.25) is 5.95 Å². The molecule has 0 aliphatic carbocycles. The highest BCUT2D eigenvalue weighted by Crippen LogP contribution is 2.38. The molecule has 2 aliphatic heterocycles. The van der Waals surface area contributed by atoms with Crippen LogP contribution in [0.3, 0.4) is 0 Å². The van der Waals surface area contributed by atoms with Crippen LogP contribution >= 0.6 is 0 Å². The zero-order valence-electron chi connectivity index (χ0n) is 20.9. The van der Waals surface area contributed by atoms with Gasteiger partial charge >= 0.3 is 11.8 Å². The number of fused-ring (bicyclic) bond motifs is 2. The van der Waals surface area contributed by atoms with E-state index in [-0.39, 0.29) is 36.8 Å². The number of hydrogen-bond acceptors (Lipinski definition) is 9. The lowest BCUT2D eigenvalue weighted by molar-refractivity contribution is -0.385. The lowest BCUT2D eigenvalue weighted by Crippen LogP contribution is -2.37. The Hall–Kier alpha value is -3.96. The van der Waals surface area contributed by atoms with E-state index < -0.39 is 10.5 Å². The number of carbonyl (C=O) groups excluding carboxylic acids is 1. The fraction of sp³-hybridized carbons (Fsp3) is 0.520. The van der Waals surface area contributed by atoms with Gasteiger partial charge in [0, 0.05) is 49.6 Å². The Morgan fingerprint density at radius 1 is 1.16 bits per heavy atom. The average Bonchev–Trinajstić information content (AvgIpc) is 3.51. The first-order valence-corrected chi connectivity index (χ1v) is 11.8. The van der Waals surface area contributed by atoms with E-state index in [4.69, 9.17) is 14.5 Å². The Morgan fingerprint density at radius 2 is 1.84 bits per heavy atom. The van der Waals surface area contributed by atoms with Crippen molar-refractivity contribution >= 4 is 28.9 Å². The van der Waals surface area contributed by atoms with E-state index in [1.807, 2.05) is 26.8 Å². The molecule has 2 aromatic heterocycles. The predicted octanol–water partition coefficient (Wildman–Crippen LogP) is 4.18. The highest BCUT2D eigenvalue weighted by atomic mass is 16.6. The first kappa shape index (κ1) is 26.1. The minimum absolute atomic E-state index is 0. The molecule has 0 bridgehead atoms. The van der Waals surface area contributed by atoms with E-state index in [2.05, 4.69) is 19.9 Å². The number of aromatic nitrogens is 4. The molecule has 4 heterocycles. The van der Waals surface area contributed by atoms with Crippen molar-refractivity contribution < 1.29 is 19.2 Å². The summed E-state index contributed by atoms with van der Waals surface area (Å²) in [6, 6.07) is 3.28. The quantitative estimate of drug-likeness (QED) is 0.403. The summed E-state index contributed by atoms with van der Waals surface area (Å²) < 4.78 is 10.8. The van der Waals surface area contributed by atoms with Crippen molar-refractivity contribution in [3.8, 4) is 17.0 Å². The highest BCUT2D eigenvalue weighted by Gasteiger charge is 2.43. The number of carbonyl (C=O) groups is 1. The number of methoxy groups -OCH3 is 1. The van der Waals surface area contributed by atoms with Gasteiger partial charge in [-0.1, -0.05) is 7.43 Å². The van der Waals surface area contributed by atoms with E-state index in [1.54, 1.807) is 11.8 Å². The maximum Gasteiger partial charge on any atom is 0.410 e. The summed E-state index contributed by atoms with van der Waals surface area (Å²) in [5.41, 5.74) is 2.18. The van der Waals surface area contributed by atoms with Crippen molar-refractivity contribution in [1.29, 1.82) is 0 Å². The van der Waals surface area contributed by atoms with Gasteiger partial charge in [0.05, 0.1) is 18.4 Å². The molecule has 1 aromatic carbocycles. The summed E-state index contributed by atoms with van der Waals surface area (Å²) in [6.07, 6.45) is 1.26. The number of ether oxygens (including phenoxy) is 2. The molecule has 0 spiro atoms. The van der Waals surface area contributed by atoms with Crippen molar-refractivity contribution in [2.24, 2.45) is 11.8 Å². The summed E-state index contributed by atoms with van der Waals surface area (Å²) >= 11 is 0. The number of nitro benzene ring substituents is 1. The van der Waals surface area contributed by atoms with Gasteiger partial charge in [0.1, 0.15) is 16.8 Å². The third-order valence-corrected chi connectivity index (χ3v) is 6.62. The van der Waals surface area contributed by atoms with Gasteiger partial charge in [0.15, 0.2) is 11.4 Å². The van der Waals surface area contributed by atoms with Crippen molar-refractivity contribution in [2.75, 3.05) is 38.2 Å². The number of hydrogen-bond donors (Lipinski definition) is 1. The second-order valence-electron chi connectivity index (χ2n) is 10.4. The number of aromatic amines is 1. The first-order chi connectivity index (χ1) is 17.0. The smallest absolute Gasteiger partial charge is 0.410 e. The molecular weight excluding hydrogens is 478 g/mol. The number of aryl methyl sites for hydroxylation is 1. The number of H-pyrrole nitrogens is 1. The number of imidazole rings is 1. The number of benzene rings is 1. The third-order valence-electron chi connectivity index (χ3n) is 6.62. The van der Waals surface area contributed by atoms with Crippen molar-refractivity contribution in [3.63, 3.8) is 0 Å². The maximum absolute atomic E-state index is 12.5. The Bertz CT molecular complexity index is 1340. The molecule has 0 radical (unpaired) electrons. The SMILES string of the molecule is C.COc1c(C)cc(-c2nc(N3CC4CN(C(=O)OC(C)(C)C)CC4C3)nc3nc[nH]c23)cc1[N+](=O)[O-]. The minimum atomic E-state index is -0.529. The van der Waals surface area contributed by atoms with Gasteiger partial charge in [-0.25, -0.2) is 14.8 Å². The number of amides is 1. The van der Waals surface area contributed by atoms with E-state index >= 15 is 0 Å². The molecule has 2 unspecified atom stereocenters. The Morgan fingerprint density at radius 3 is 2.43 bits per heavy atom. The monoisotopic (exact) mass is 511 g/mol. The third kappa shape index (κ3) is 4.87. The number of nitrogens with zero attached hydrogens (tertiary/aromatic N) is 6. The number of rotatable bonds is 4.